The first-order chi connectivity index (χ1) is 15.4. The maximum Gasteiger partial charge on any atom is 0.261 e. The van der Waals surface area contributed by atoms with Crippen molar-refractivity contribution in [3.63, 3.8) is 0 Å². The SMILES string of the molecule is CCOc1ccc(S(=O)(=O)Nc2cc(C(=O)N(CC)CC)ccc2N2CCNCC2)cc1. The number of benzene rings is 2. The monoisotopic (exact) mass is 460 g/mol. The predicted octanol–water partition coefficient (Wildman–Crippen LogP) is 2.78. The molecular formula is C23H32N4O4S. The molecule has 0 atom stereocenters. The summed E-state index contributed by atoms with van der Waals surface area (Å²) in [4.78, 5) is 16.9. The second-order valence-corrected chi connectivity index (χ2v) is 9.14. The molecule has 1 saturated heterocycles. The lowest BCUT2D eigenvalue weighted by Gasteiger charge is -2.31. The summed E-state index contributed by atoms with van der Waals surface area (Å²) in [6, 6.07) is 11.5. The largest absolute Gasteiger partial charge is 0.494 e. The van der Waals surface area contributed by atoms with Gasteiger partial charge in [0.2, 0.25) is 0 Å². The molecular weight excluding hydrogens is 428 g/mol. The molecule has 0 spiro atoms. The summed E-state index contributed by atoms with van der Waals surface area (Å²) in [7, 11) is -3.85. The zero-order valence-electron chi connectivity index (χ0n) is 18.9. The van der Waals surface area contributed by atoms with Crippen molar-refractivity contribution in [3.8, 4) is 5.75 Å². The first-order valence-electron chi connectivity index (χ1n) is 11.0. The number of rotatable bonds is 9. The van der Waals surface area contributed by atoms with Gasteiger partial charge in [0.25, 0.3) is 15.9 Å². The average molecular weight is 461 g/mol. The van der Waals surface area contributed by atoms with Crippen LogP contribution in [0.1, 0.15) is 31.1 Å². The van der Waals surface area contributed by atoms with Gasteiger partial charge in [-0.25, -0.2) is 8.42 Å². The number of amides is 1. The Bertz CT molecular complexity index is 1010. The van der Waals surface area contributed by atoms with Crippen molar-refractivity contribution in [2.45, 2.75) is 25.7 Å². The van der Waals surface area contributed by atoms with Gasteiger partial charge in [0.1, 0.15) is 5.75 Å². The molecule has 1 aliphatic heterocycles. The zero-order chi connectivity index (χ0) is 23.1. The van der Waals surface area contributed by atoms with Crippen LogP contribution < -0.4 is 19.7 Å². The number of hydrogen-bond acceptors (Lipinski definition) is 6. The fraction of sp³-hybridized carbons (Fsp3) is 0.435. The van der Waals surface area contributed by atoms with Crippen LogP contribution in [0.3, 0.4) is 0 Å². The van der Waals surface area contributed by atoms with Gasteiger partial charge >= 0.3 is 0 Å². The fourth-order valence-electron chi connectivity index (χ4n) is 3.71. The number of hydrogen-bond donors (Lipinski definition) is 2. The van der Waals surface area contributed by atoms with Gasteiger partial charge in [-0.2, -0.15) is 0 Å². The van der Waals surface area contributed by atoms with Gasteiger partial charge < -0.3 is 19.9 Å². The van der Waals surface area contributed by atoms with Crippen LogP contribution in [0.15, 0.2) is 47.4 Å². The molecule has 0 aliphatic carbocycles. The fourth-order valence-corrected chi connectivity index (χ4v) is 4.78. The number of carbonyl (C=O) groups is 1. The Balaban J connectivity index is 1.96. The Morgan fingerprint density at radius 2 is 1.72 bits per heavy atom. The van der Waals surface area contributed by atoms with Gasteiger partial charge in [0.05, 0.1) is 22.9 Å². The molecule has 174 valence electrons. The topological polar surface area (TPSA) is 91.0 Å². The summed E-state index contributed by atoms with van der Waals surface area (Å²) in [5.41, 5.74) is 1.62. The second kappa shape index (κ2) is 10.7. The first kappa shape index (κ1) is 23.9. The summed E-state index contributed by atoms with van der Waals surface area (Å²) < 4.78 is 34.4. The van der Waals surface area contributed by atoms with Gasteiger partial charge in [0, 0.05) is 44.8 Å². The summed E-state index contributed by atoms with van der Waals surface area (Å²) in [6.45, 7) is 10.5. The zero-order valence-corrected chi connectivity index (χ0v) is 19.7. The van der Waals surface area contributed by atoms with Crippen LogP contribution in [0.25, 0.3) is 0 Å². The summed E-state index contributed by atoms with van der Waals surface area (Å²) in [5, 5.41) is 3.30. The van der Waals surface area contributed by atoms with E-state index in [4.69, 9.17) is 4.74 Å². The Morgan fingerprint density at radius 3 is 2.31 bits per heavy atom. The van der Waals surface area contributed by atoms with Crippen molar-refractivity contribution >= 4 is 27.3 Å². The highest BCUT2D eigenvalue weighted by molar-refractivity contribution is 7.92. The van der Waals surface area contributed by atoms with E-state index in [1.807, 2.05) is 26.8 Å². The summed E-state index contributed by atoms with van der Waals surface area (Å²) in [5.74, 6) is 0.489. The van der Waals surface area contributed by atoms with E-state index in [2.05, 4.69) is 14.9 Å². The summed E-state index contributed by atoms with van der Waals surface area (Å²) in [6.07, 6.45) is 0. The number of ether oxygens (including phenoxy) is 1. The number of nitrogens with one attached hydrogen (secondary N) is 2. The molecule has 0 unspecified atom stereocenters. The lowest BCUT2D eigenvalue weighted by molar-refractivity contribution is 0.0773. The minimum atomic E-state index is -3.85. The lowest BCUT2D eigenvalue weighted by atomic mass is 10.1. The van der Waals surface area contributed by atoms with Gasteiger partial charge in [-0.05, 0) is 63.2 Å². The third-order valence-electron chi connectivity index (χ3n) is 5.44. The molecule has 0 bridgehead atoms. The molecule has 1 heterocycles. The molecule has 3 rings (SSSR count). The van der Waals surface area contributed by atoms with E-state index >= 15 is 0 Å². The molecule has 9 heteroatoms. The molecule has 2 aromatic rings. The maximum atomic E-state index is 13.2. The number of nitrogens with zero attached hydrogens (tertiary/aromatic N) is 2. The third-order valence-corrected chi connectivity index (χ3v) is 6.82. The van der Waals surface area contributed by atoms with Crippen LogP contribution in [-0.2, 0) is 10.0 Å². The van der Waals surface area contributed by atoms with Crippen LogP contribution >= 0.6 is 0 Å². The van der Waals surface area contributed by atoms with E-state index in [1.54, 1.807) is 29.2 Å². The van der Waals surface area contributed by atoms with Crippen molar-refractivity contribution in [1.29, 1.82) is 0 Å². The molecule has 2 aromatic carbocycles. The number of piperazine rings is 1. The Kier molecular flexibility index (Phi) is 7.98. The molecule has 0 radical (unpaired) electrons. The van der Waals surface area contributed by atoms with Crippen LogP contribution in [0, 0.1) is 0 Å². The van der Waals surface area contributed by atoms with Crippen molar-refractivity contribution in [2.24, 2.45) is 0 Å². The van der Waals surface area contributed by atoms with E-state index in [9.17, 15) is 13.2 Å². The third kappa shape index (κ3) is 5.52. The predicted molar refractivity (Wildman–Crippen MR) is 127 cm³/mol. The van der Waals surface area contributed by atoms with Crippen LogP contribution in [-0.4, -0.2) is 65.1 Å². The highest BCUT2D eigenvalue weighted by Gasteiger charge is 2.22. The van der Waals surface area contributed by atoms with E-state index in [0.717, 1.165) is 31.9 Å². The van der Waals surface area contributed by atoms with Gasteiger partial charge in [-0.15, -0.1) is 0 Å². The molecule has 2 N–H and O–H groups in total. The van der Waals surface area contributed by atoms with Gasteiger partial charge in [0.15, 0.2) is 0 Å². The minimum Gasteiger partial charge on any atom is -0.494 e. The van der Waals surface area contributed by atoms with E-state index < -0.39 is 10.0 Å². The van der Waals surface area contributed by atoms with Gasteiger partial charge in [-0.3, -0.25) is 9.52 Å². The number of sulfonamides is 1. The van der Waals surface area contributed by atoms with Crippen molar-refractivity contribution in [2.75, 3.05) is 55.5 Å². The molecule has 0 saturated carbocycles. The van der Waals surface area contributed by atoms with Crippen LogP contribution in [0.4, 0.5) is 11.4 Å². The van der Waals surface area contributed by atoms with E-state index in [1.165, 1.54) is 12.1 Å². The Hall–Kier alpha value is -2.78. The highest BCUT2D eigenvalue weighted by atomic mass is 32.2. The summed E-state index contributed by atoms with van der Waals surface area (Å²) >= 11 is 0. The lowest BCUT2D eigenvalue weighted by Crippen LogP contribution is -2.43. The molecule has 32 heavy (non-hydrogen) atoms. The van der Waals surface area contributed by atoms with E-state index in [-0.39, 0.29) is 10.8 Å². The highest BCUT2D eigenvalue weighted by Crippen LogP contribution is 2.31. The Morgan fingerprint density at radius 1 is 1.06 bits per heavy atom. The normalized spacial score (nSPS) is 14.2. The molecule has 0 aromatic heterocycles. The maximum absolute atomic E-state index is 13.2. The van der Waals surface area contributed by atoms with Crippen molar-refractivity contribution in [1.82, 2.24) is 10.2 Å². The second-order valence-electron chi connectivity index (χ2n) is 7.46. The van der Waals surface area contributed by atoms with Crippen LogP contribution in [0.5, 0.6) is 5.75 Å². The van der Waals surface area contributed by atoms with E-state index in [0.29, 0.717) is 36.7 Å². The Labute approximate surface area is 190 Å². The van der Waals surface area contributed by atoms with Crippen molar-refractivity contribution < 1.29 is 17.9 Å². The van der Waals surface area contributed by atoms with Gasteiger partial charge in [-0.1, -0.05) is 0 Å². The number of anilines is 2. The van der Waals surface area contributed by atoms with Crippen molar-refractivity contribution in [3.05, 3.63) is 48.0 Å². The minimum absolute atomic E-state index is 0.122. The molecule has 1 fully saturated rings. The smallest absolute Gasteiger partial charge is 0.261 e. The van der Waals surface area contributed by atoms with Crippen LogP contribution in [0.2, 0.25) is 0 Å². The molecule has 1 aliphatic rings. The standard InChI is InChI=1S/C23H32N4O4S/c1-4-26(5-2)23(28)18-7-12-22(27-15-13-24-14-16-27)21(17-18)25-32(29,30)20-10-8-19(9-11-20)31-6-3/h7-12,17,24-25H,4-6,13-16H2,1-3H3. The quantitative estimate of drug-likeness (QED) is 0.598. The molecule has 8 nitrogen and oxygen atoms in total. The first-order valence-corrected chi connectivity index (χ1v) is 12.5. The molecule has 1 amide bonds. The number of carbonyl (C=O) groups excluding carboxylic acids is 1. The average Bonchev–Trinajstić information content (AvgIpc) is 2.80.